The molecule has 2 aromatic rings. The molecule has 0 spiro atoms. The van der Waals surface area contributed by atoms with Gasteiger partial charge in [-0.05, 0) is 36.8 Å². The van der Waals surface area contributed by atoms with Crippen LogP contribution in [0.4, 0.5) is 5.69 Å². The van der Waals surface area contributed by atoms with E-state index in [1.807, 2.05) is 55.5 Å². The summed E-state index contributed by atoms with van der Waals surface area (Å²) in [6, 6.07) is 15.3. The second-order valence-electron chi connectivity index (χ2n) is 4.86. The van der Waals surface area contributed by atoms with E-state index in [9.17, 15) is 5.11 Å². The molecule has 1 unspecified atom stereocenters. The smallest absolute Gasteiger partial charge is 0.141 e. The summed E-state index contributed by atoms with van der Waals surface area (Å²) in [5.74, 6) is 1.52. The maximum absolute atomic E-state index is 9.98. The van der Waals surface area contributed by atoms with Crippen LogP contribution in [0.1, 0.15) is 5.56 Å². The lowest BCUT2D eigenvalue weighted by Crippen LogP contribution is -2.26. The average Bonchev–Trinajstić information content (AvgIpc) is 2.52. The van der Waals surface area contributed by atoms with E-state index in [4.69, 9.17) is 9.47 Å². The molecular weight excluding hydrogens is 266 g/mol. The minimum atomic E-state index is -0.601. The van der Waals surface area contributed by atoms with Crippen molar-refractivity contribution in [2.75, 3.05) is 25.6 Å². The first-order valence-corrected chi connectivity index (χ1v) is 6.93. The molecule has 2 rings (SSSR count). The first-order valence-electron chi connectivity index (χ1n) is 6.93. The van der Waals surface area contributed by atoms with E-state index in [0.29, 0.717) is 6.54 Å². The van der Waals surface area contributed by atoms with Crippen molar-refractivity contribution in [2.45, 2.75) is 13.0 Å². The van der Waals surface area contributed by atoms with Crippen LogP contribution in [0.3, 0.4) is 0 Å². The van der Waals surface area contributed by atoms with Gasteiger partial charge in [-0.25, -0.2) is 0 Å². The highest BCUT2D eigenvalue weighted by atomic mass is 16.5. The number of para-hydroxylation sites is 1. The van der Waals surface area contributed by atoms with E-state index in [1.165, 1.54) is 0 Å². The molecule has 0 aromatic heterocycles. The first kappa shape index (κ1) is 15.2. The minimum absolute atomic E-state index is 0.241. The Morgan fingerprint density at radius 2 is 1.90 bits per heavy atom. The Morgan fingerprint density at radius 3 is 2.62 bits per heavy atom. The van der Waals surface area contributed by atoms with Crippen LogP contribution < -0.4 is 14.8 Å². The molecule has 0 radical (unpaired) electrons. The Hall–Kier alpha value is -2.20. The van der Waals surface area contributed by atoms with Crippen LogP contribution in [0.2, 0.25) is 0 Å². The molecule has 2 N–H and O–H groups in total. The summed E-state index contributed by atoms with van der Waals surface area (Å²) < 4.78 is 10.8. The highest BCUT2D eigenvalue weighted by Crippen LogP contribution is 2.25. The second kappa shape index (κ2) is 7.55. The molecule has 0 saturated carbocycles. The maximum Gasteiger partial charge on any atom is 0.141 e. The molecule has 112 valence electrons. The van der Waals surface area contributed by atoms with E-state index in [-0.39, 0.29) is 6.61 Å². The molecule has 0 aliphatic carbocycles. The van der Waals surface area contributed by atoms with Crippen LogP contribution in [0, 0.1) is 6.92 Å². The predicted octanol–water partition coefficient (Wildman–Crippen LogP) is 2.86. The van der Waals surface area contributed by atoms with Crippen LogP contribution in [0.25, 0.3) is 0 Å². The number of rotatable bonds is 7. The number of nitrogens with one attached hydrogen (secondary N) is 1. The zero-order chi connectivity index (χ0) is 15.1. The summed E-state index contributed by atoms with van der Waals surface area (Å²) in [7, 11) is 1.63. The molecule has 1 atom stereocenters. The van der Waals surface area contributed by atoms with Gasteiger partial charge in [0.1, 0.15) is 24.2 Å². The molecule has 0 aliphatic rings. The number of aliphatic hydroxyl groups is 1. The zero-order valence-corrected chi connectivity index (χ0v) is 12.4. The summed E-state index contributed by atoms with van der Waals surface area (Å²) in [4.78, 5) is 0. The monoisotopic (exact) mass is 287 g/mol. The van der Waals surface area contributed by atoms with Crippen LogP contribution >= 0.6 is 0 Å². The lowest BCUT2D eigenvalue weighted by atomic mass is 10.2. The fourth-order valence-corrected chi connectivity index (χ4v) is 1.96. The molecule has 21 heavy (non-hydrogen) atoms. The van der Waals surface area contributed by atoms with Crippen molar-refractivity contribution in [2.24, 2.45) is 0 Å². The molecule has 4 nitrogen and oxygen atoms in total. The Morgan fingerprint density at radius 1 is 1.14 bits per heavy atom. The average molecular weight is 287 g/mol. The van der Waals surface area contributed by atoms with E-state index in [0.717, 1.165) is 22.7 Å². The normalized spacial score (nSPS) is 11.8. The summed E-state index contributed by atoms with van der Waals surface area (Å²) >= 11 is 0. The summed E-state index contributed by atoms with van der Waals surface area (Å²) in [6.45, 7) is 2.65. The standard InChI is InChI=1S/C17H21NO3/c1-13-8-9-17(20-2)16(10-13)18-11-14(19)12-21-15-6-4-3-5-7-15/h3-10,14,18-19H,11-12H2,1-2H3. The topological polar surface area (TPSA) is 50.7 Å². The summed E-state index contributed by atoms with van der Waals surface area (Å²) in [5.41, 5.74) is 2.00. The van der Waals surface area contributed by atoms with Gasteiger partial charge in [0.25, 0.3) is 0 Å². The number of aliphatic hydroxyl groups excluding tert-OH is 1. The lowest BCUT2D eigenvalue weighted by Gasteiger charge is -2.16. The number of benzene rings is 2. The molecule has 0 saturated heterocycles. The fourth-order valence-electron chi connectivity index (χ4n) is 1.96. The number of aryl methyl sites for hydroxylation is 1. The fraction of sp³-hybridized carbons (Fsp3) is 0.294. The van der Waals surface area contributed by atoms with Gasteiger partial charge in [0.2, 0.25) is 0 Å². The number of hydrogen-bond acceptors (Lipinski definition) is 4. The Kier molecular flexibility index (Phi) is 5.46. The highest BCUT2D eigenvalue weighted by Gasteiger charge is 2.08. The molecular formula is C17H21NO3. The summed E-state index contributed by atoms with van der Waals surface area (Å²) in [6.07, 6.45) is -0.601. The van der Waals surface area contributed by atoms with Crippen molar-refractivity contribution < 1.29 is 14.6 Å². The Labute approximate surface area is 125 Å². The predicted molar refractivity (Wildman–Crippen MR) is 84.2 cm³/mol. The quantitative estimate of drug-likeness (QED) is 0.822. The van der Waals surface area contributed by atoms with Crippen molar-refractivity contribution in [1.29, 1.82) is 0 Å². The van der Waals surface area contributed by atoms with Gasteiger partial charge in [-0.1, -0.05) is 24.3 Å². The highest BCUT2D eigenvalue weighted by molar-refractivity contribution is 5.58. The molecule has 0 bridgehead atoms. The van der Waals surface area contributed by atoms with Gasteiger partial charge in [-0.3, -0.25) is 0 Å². The molecule has 0 heterocycles. The van der Waals surface area contributed by atoms with Crippen molar-refractivity contribution in [3.63, 3.8) is 0 Å². The third-order valence-electron chi connectivity index (χ3n) is 3.07. The number of anilines is 1. The Bertz CT molecular complexity index is 557. The van der Waals surface area contributed by atoms with E-state index >= 15 is 0 Å². The number of methoxy groups -OCH3 is 1. The second-order valence-corrected chi connectivity index (χ2v) is 4.86. The first-order chi connectivity index (χ1) is 10.2. The molecule has 0 aliphatic heterocycles. The van der Waals surface area contributed by atoms with Gasteiger partial charge in [-0.15, -0.1) is 0 Å². The molecule has 4 heteroatoms. The van der Waals surface area contributed by atoms with E-state index < -0.39 is 6.10 Å². The number of ether oxygens (including phenoxy) is 2. The largest absolute Gasteiger partial charge is 0.495 e. The van der Waals surface area contributed by atoms with Crippen molar-refractivity contribution in [3.8, 4) is 11.5 Å². The SMILES string of the molecule is COc1ccc(C)cc1NCC(O)COc1ccccc1. The molecule has 2 aromatic carbocycles. The van der Waals surface area contributed by atoms with Crippen LogP contribution in [0.15, 0.2) is 48.5 Å². The Balaban J connectivity index is 1.84. The third kappa shape index (κ3) is 4.68. The van der Waals surface area contributed by atoms with Gasteiger partial charge >= 0.3 is 0 Å². The maximum atomic E-state index is 9.98. The van der Waals surface area contributed by atoms with Gasteiger partial charge in [0.05, 0.1) is 12.8 Å². The van der Waals surface area contributed by atoms with E-state index in [1.54, 1.807) is 7.11 Å². The van der Waals surface area contributed by atoms with Gasteiger partial charge in [0.15, 0.2) is 0 Å². The van der Waals surface area contributed by atoms with Crippen LogP contribution in [-0.4, -0.2) is 31.5 Å². The van der Waals surface area contributed by atoms with Gasteiger partial charge < -0.3 is 19.9 Å². The van der Waals surface area contributed by atoms with Crippen LogP contribution in [0.5, 0.6) is 11.5 Å². The number of hydrogen-bond donors (Lipinski definition) is 2. The van der Waals surface area contributed by atoms with Crippen LogP contribution in [-0.2, 0) is 0 Å². The molecule has 0 fully saturated rings. The van der Waals surface area contributed by atoms with Crippen molar-refractivity contribution >= 4 is 5.69 Å². The minimum Gasteiger partial charge on any atom is -0.495 e. The molecule has 0 amide bonds. The zero-order valence-electron chi connectivity index (χ0n) is 12.4. The third-order valence-corrected chi connectivity index (χ3v) is 3.07. The van der Waals surface area contributed by atoms with E-state index in [2.05, 4.69) is 5.32 Å². The lowest BCUT2D eigenvalue weighted by molar-refractivity contribution is 0.117. The van der Waals surface area contributed by atoms with Crippen molar-refractivity contribution in [1.82, 2.24) is 0 Å². The van der Waals surface area contributed by atoms with Crippen molar-refractivity contribution in [3.05, 3.63) is 54.1 Å². The summed E-state index contributed by atoms with van der Waals surface area (Å²) in [5, 5.41) is 13.2. The van der Waals surface area contributed by atoms with Gasteiger partial charge in [0, 0.05) is 6.54 Å². The van der Waals surface area contributed by atoms with Gasteiger partial charge in [-0.2, -0.15) is 0 Å².